The van der Waals surface area contributed by atoms with Crippen molar-refractivity contribution in [3.63, 3.8) is 0 Å². The van der Waals surface area contributed by atoms with Gasteiger partial charge in [0.1, 0.15) is 0 Å². The summed E-state index contributed by atoms with van der Waals surface area (Å²) in [4.78, 5) is 28.8. The smallest absolute Gasteiger partial charge is 0.258 e. The zero-order valence-corrected chi connectivity index (χ0v) is 20.1. The highest BCUT2D eigenvalue weighted by Gasteiger charge is 2.40. The number of fused-ring (bicyclic) bond motifs is 1. The van der Waals surface area contributed by atoms with Gasteiger partial charge in [0.2, 0.25) is 10.0 Å². The molecule has 1 aromatic rings. The molecule has 1 aliphatic carbocycles. The van der Waals surface area contributed by atoms with Crippen LogP contribution in [0.25, 0.3) is 0 Å². The minimum absolute atomic E-state index is 0.0731. The molecule has 9 nitrogen and oxygen atoms in total. The monoisotopic (exact) mass is 503 g/mol. The van der Waals surface area contributed by atoms with E-state index in [9.17, 15) is 18.0 Å². The minimum Gasteiger partial charge on any atom is -0.313 e. The maximum absolute atomic E-state index is 13.5. The number of sulfonamides is 1. The zero-order chi connectivity index (χ0) is 23.9. The van der Waals surface area contributed by atoms with Gasteiger partial charge in [-0.05, 0) is 30.4 Å². The van der Waals surface area contributed by atoms with E-state index in [0.717, 1.165) is 0 Å². The number of amides is 1. The van der Waals surface area contributed by atoms with Gasteiger partial charge in [-0.15, -0.1) is 0 Å². The van der Waals surface area contributed by atoms with Crippen LogP contribution in [0.2, 0.25) is 5.02 Å². The fourth-order valence-corrected chi connectivity index (χ4v) is 6.79. The second kappa shape index (κ2) is 9.37. The Bertz CT molecular complexity index is 1210. The number of rotatable bonds is 5. The highest BCUT2D eigenvalue weighted by molar-refractivity contribution is 7.89. The average Bonchev–Trinajstić information content (AvgIpc) is 3.16. The van der Waals surface area contributed by atoms with E-state index in [0.29, 0.717) is 62.0 Å². The topological polar surface area (TPSA) is 102 Å². The third kappa shape index (κ3) is 4.37. The van der Waals surface area contributed by atoms with Crippen LogP contribution in [0.4, 0.5) is 0 Å². The number of hydrogen-bond donors (Lipinski definition) is 2. The molecule has 2 fully saturated rings. The number of piperazine rings is 2. The second-order valence-corrected chi connectivity index (χ2v) is 11.0. The molecule has 3 heterocycles. The van der Waals surface area contributed by atoms with Gasteiger partial charge in [-0.1, -0.05) is 23.7 Å². The first-order valence-corrected chi connectivity index (χ1v) is 13.1. The van der Waals surface area contributed by atoms with Crippen molar-refractivity contribution in [1.29, 1.82) is 0 Å². The number of hydrogen-bond acceptors (Lipinski definition) is 7. The molecule has 11 heteroatoms. The van der Waals surface area contributed by atoms with Gasteiger partial charge in [-0.3, -0.25) is 14.5 Å². The molecule has 2 saturated heterocycles. The van der Waals surface area contributed by atoms with Crippen LogP contribution < -0.4 is 10.6 Å². The molecule has 0 aromatic heterocycles. The molecule has 2 atom stereocenters. The number of nitrogens with one attached hydrogen (secondary N) is 2. The molecule has 34 heavy (non-hydrogen) atoms. The van der Waals surface area contributed by atoms with Crippen LogP contribution in [0.3, 0.4) is 0 Å². The summed E-state index contributed by atoms with van der Waals surface area (Å²) in [6, 6.07) is 6.27. The van der Waals surface area contributed by atoms with Gasteiger partial charge < -0.3 is 15.5 Å². The summed E-state index contributed by atoms with van der Waals surface area (Å²) in [5.74, 6) is -0.349. The first-order chi connectivity index (χ1) is 16.3. The van der Waals surface area contributed by atoms with E-state index in [1.54, 1.807) is 45.8 Å². The van der Waals surface area contributed by atoms with Crippen LogP contribution in [-0.2, 0) is 19.6 Å². The van der Waals surface area contributed by atoms with Crippen molar-refractivity contribution in [2.75, 3.05) is 45.8 Å². The first-order valence-electron chi connectivity index (χ1n) is 11.3. The van der Waals surface area contributed by atoms with E-state index < -0.39 is 10.0 Å². The summed E-state index contributed by atoms with van der Waals surface area (Å²) in [6.07, 6.45) is 5.99. The van der Waals surface area contributed by atoms with Crippen molar-refractivity contribution in [3.8, 4) is 0 Å². The fraction of sp³-hybridized carbons (Fsp3) is 0.391. The molecule has 4 aliphatic rings. The van der Waals surface area contributed by atoms with Crippen LogP contribution in [0, 0.1) is 0 Å². The molecule has 0 radical (unpaired) electrons. The third-order valence-electron chi connectivity index (χ3n) is 6.54. The molecule has 0 spiro atoms. The van der Waals surface area contributed by atoms with E-state index in [1.807, 2.05) is 0 Å². The number of allylic oxidation sites excluding steroid dienone is 3. The molecule has 1 amide bonds. The predicted octanol–water partition coefficient (Wildman–Crippen LogP) is 0.325. The van der Waals surface area contributed by atoms with E-state index in [1.165, 1.54) is 12.1 Å². The first kappa shape index (κ1) is 23.4. The summed E-state index contributed by atoms with van der Waals surface area (Å²) in [5.41, 5.74) is 0.853. The maximum atomic E-state index is 13.5. The van der Waals surface area contributed by atoms with Crippen molar-refractivity contribution in [3.05, 3.63) is 64.9 Å². The molecule has 3 aliphatic heterocycles. The lowest BCUT2D eigenvalue weighted by atomic mass is 10.00. The Morgan fingerprint density at radius 2 is 1.97 bits per heavy atom. The van der Waals surface area contributed by atoms with Gasteiger partial charge in [0.15, 0.2) is 5.78 Å². The number of benzene rings is 1. The second-order valence-electron chi connectivity index (χ2n) is 8.71. The van der Waals surface area contributed by atoms with Gasteiger partial charge in [-0.2, -0.15) is 4.31 Å². The maximum Gasteiger partial charge on any atom is 0.258 e. The van der Waals surface area contributed by atoms with Crippen molar-refractivity contribution in [1.82, 2.24) is 24.7 Å². The van der Waals surface area contributed by atoms with Gasteiger partial charge >= 0.3 is 0 Å². The highest BCUT2D eigenvalue weighted by atomic mass is 35.5. The Hall–Kier alpha value is -2.34. The third-order valence-corrected chi connectivity index (χ3v) is 8.67. The molecule has 0 bridgehead atoms. The van der Waals surface area contributed by atoms with Gasteiger partial charge in [0.05, 0.1) is 22.2 Å². The van der Waals surface area contributed by atoms with Gasteiger partial charge in [-0.25, -0.2) is 8.42 Å². The molecule has 2 N–H and O–H groups in total. The average molecular weight is 504 g/mol. The van der Waals surface area contributed by atoms with Crippen LogP contribution in [0.15, 0.2) is 64.7 Å². The molecule has 0 saturated carbocycles. The summed E-state index contributed by atoms with van der Waals surface area (Å²) in [7, 11) is -3.73. The number of ketones is 1. The minimum atomic E-state index is -3.73. The van der Waals surface area contributed by atoms with Crippen LogP contribution in [0.5, 0.6) is 0 Å². The Labute approximate surface area is 203 Å². The van der Waals surface area contributed by atoms with Crippen molar-refractivity contribution in [2.45, 2.75) is 17.1 Å². The standard InChI is InChI=1S/C23H26ClN5O4S/c24-16-3-1-4-18(11-16)34(32,33)29-10-7-25-12-22(29)27-9-8-26-17(13-27)14-28-15-20-19(23(28)31)5-2-6-21(20)30/h1-6,11,15,17,22,25-26H,7-10,12-14H2. The Morgan fingerprint density at radius 3 is 2.76 bits per heavy atom. The molecule has 5 rings (SSSR count). The van der Waals surface area contributed by atoms with E-state index in [4.69, 9.17) is 11.6 Å². The van der Waals surface area contributed by atoms with E-state index in [-0.39, 0.29) is 28.8 Å². The Kier molecular flexibility index (Phi) is 6.45. The lowest BCUT2D eigenvalue weighted by Crippen LogP contribution is -2.66. The molecule has 2 unspecified atom stereocenters. The van der Waals surface area contributed by atoms with E-state index in [2.05, 4.69) is 15.5 Å². The van der Waals surface area contributed by atoms with Crippen molar-refractivity contribution < 1.29 is 18.0 Å². The molecule has 180 valence electrons. The highest BCUT2D eigenvalue weighted by Crippen LogP contribution is 2.28. The van der Waals surface area contributed by atoms with Crippen molar-refractivity contribution >= 4 is 33.3 Å². The molecular weight excluding hydrogens is 478 g/mol. The number of nitrogens with zero attached hydrogens (tertiary/aromatic N) is 3. The lowest BCUT2D eigenvalue weighted by molar-refractivity contribution is -0.124. The van der Waals surface area contributed by atoms with Crippen LogP contribution in [0.1, 0.15) is 0 Å². The largest absolute Gasteiger partial charge is 0.313 e. The predicted molar refractivity (Wildman–Crippen MR) is 127 cm³/mol. The quantitative estimate of drug-likeness (QED) is 0.597. The summed E-state index contributed by atoms with van der Waals surface area (Å²) >= 11 is 6.06. The van der Waals surface area contributed by atoms with E-state index >= 15 is 0 Å². The summed E-state index contributed by atoms with van der Waals surface area (Å²) < 4.78 is 28.5. The summed E-state index contributed by atoms with van der Waals surface area (Å²) in [6.45, 7) is 3.72. The number of carbonyl (C=O) groups is 2. The lowest BCUT2D eigenvalue weighted by Gasteiger charge is -2.45. The number of carbonyl (C=O) groups excluding carboxylic acids is 2. The molecule has 1 aromatic carbocycles. The van der Waals surface area contributed by atoms with Crippen LogP contribution in [-0.4, -0.2) is 92.2 Å². The Balaban J connectivity index is 1.32. The normalized spacial score (nSPS) is 26.4. The fourth-order valence-electron chi connectivity index (χ4n) is 4.88. The summed E-state index contributed by atoms with van der Waals surface area (Å²) in [5, 5.41) is 7.12. The SMILES string of the molecule is O=C1C=CC=C2C(=O)N(CC3CN(C4CNCCN4S(=O)(=O)c4cccc(Cl)c4)CCN3)C=C12. The Morgan fingerprint density at radius 1 is 1.12 bits per heavy atom. The van der Waals surface area contributed by atoms with Gasteiger partial charge in [0.25, 0.3) is 5.91 Å². The zero-order valence-electron chi connectivity index (χ0n) is 18.5. The van der Waals surface area contributed by atoms with Crippen molar-refractivity contribution in [2.24, 2.45) is 0 Å². The number of halogens is 1. The van der Waals surface area contributed by atoms with Crippen LogP contribution >= 0.6 is 11.6 Å². The molecular formula is C23H26ClN5O4S. The van der Waals surface area contributed by atoms with Gasteiger partial charge in [0, 0.05) is 63.1 Å².